The van der Waals surface area contributed by atoms with Gasteiger partial charge in [-0.25, -0.2) is 0 Å². The van der Waals surface area contributed by atoms with E-state index in [-0.39, 0.29) is 12.1 Å². The highest BCUT2D eigenvalue weighted by atomic mass is 35.5. The lowest BCUT2D eigenvalue weighted by Crippen LogP contribution is -2.32. The number of nitrogens with zero attached hydrogens (tertiary/aromatic N) is 1. The van der Waals surface area contributed by atoms with E-state index in [1.807, 2.05) is 52.8 Å². The van der Waals surface area contributed by atoms with Gasteiger partial charge in [0, 0.05) is 22.2 Å². The minimum atomic E-state index is 0.158. The average Bonchev–Trinajstić information content (AvgIpc) is 3.30. The lowest BCUT2D eigenvalue weighted by Gasteiger charge is -2.15. The molecule has 37 heavy (non-hydrogen) atoms. The molecule has 2 nitrogen and oxygen atoms in total. The van der Waals surface area contributed by atoms with Gasteiger partial charge in [0.1, 0.15) is 0 Å². The summed E-state index contributed by atoms with van der Waals surface area (Å²) < 4.78 is 0. The zero-order valence-corrected chi connectivity index (χ0v) is 26.5. The number of thioether (sulfide) groups is 1. The third-order valence-corrected chi connectivity index (χ3v) is 5.52. The Labute approximate surface area is 243 Å². The van der Waals surface area contributed by atoms with Crippen LogP contribution in [0.5, 0.6) is 0 Å². The van der Waals surface area contributed by atoms with Crippen molar-refractivity contribution < 1.29 is 0 Å². The van der Waals surface area contributed by atoms with E-state index in [1.165, 1.54) is 12.0 Å². The van der Waals surface area contributed by atoms with Gasteiger partial charge in [0.15, 0.2) is 5.17 Å². The molecule has 0 radical (unpaired) electrons. The molecule has 1 aliphatic heterocycles. The molecule has 1 aromatic rings. The lowest BCUT2D eigenvalue weighted by atomic mass is 10.0. The van der Waals surface area contributed by atoms with Crippen molar-refractivity contribution in [3.8, 4) is 25.2 Å². The van der Waals surface area contributed by atoms with E-state index in [9.17, 15) is 0 Å². The average molecular weight is 564 g/mol. The Morgan fingerprint density at radius 1 is 1.14 bits per heavy atom. The summed E-state index contributed by atoms with van der Waals surface area (Å²) >= 11 is 14.1. The number of allylic oxidation sites excluding steroid dienone is 4. The van der Waals surface area contributed by atoms with Crippen LogP contribution in [0.2, 0.25) is 10.0 Å². The van der Waals surface area contributed by atoms with Crippen molar-refractivity contribution in [1.82, 2.24) is 5.32 Å². The summed E-state index contributed by atoms with van der Waals surface area (Å²) in [7, 11) is 0. The molecule has 0 bridgehead atoms. The van der Waals surface area contributed by atoms with Gasteiger partial charge in [0.2, 0.25) is 0 Å². The molecule has 1 N–H and O–H groups in total. The van der Waals surface area contributed by atoms with E-state index < -0.39 is 0 Å². The molecule has 0 amide bonds. The summed E-state index contributed by atoms with van der Waals surface area (Å²) in [6, 6.07) is 5.96. The van der Waals surface area contributed by atoms with Crippen LogP contribution in [-0.2, 0) is 5.75 Å². The molecule has 0 aliphatic carbocycles. The largest absolute Gasteiger partial charge is 0.356 e. The van der Waals surface area contributed by atoms with Gasteiger partial charge < -0.3 is 5.32 Å². The van der Waals surface area contributed by atoms with Crippen molar-refractivity contribution in [2.45, 2.75) is 86.1 Å². The fourth-order valence-corrected chi connectivity index (χ4v) is 4.04. The van der Waals surface area contributed by atoms with E-state index in [0.29, 0.717) is 22.2 Å². The summed E-state index contributed by atoms with van der Waals surface area (Å²) in [5.41, 5.74) is 2.22. The van der Waals surface area contributed by atoms with Crippen molar-refractivity contribution in [1.29, 1.82) is 0 Å². The van der Waals surface area contributed by atoms with Crippen molar-refractivity contribution in [2.75, 3.05) is 0 Å². The highest BCUT2D eigenvalue weighted by Crippen LogP contribution is 2.30. The molecule has 2 rings (SSSR count). The van der Waals surface area contributed by atoms with Crippen LogP contribution >= 0.6 is 35.0 Å². The maximum absolute atomic E-state index is 6.22. The van der Waals surface area contributed by atoms with Gasteiger partial charge in [-0.3, -0.25) is 4.99 Å². The SMILES string of the molecule is C#C.C#CCC=C.C/C=C/[C@@H]1NC(SCc2c(Cl)cccc2Cl)=N[C@@H]1/C(C)=C/C.C=CC.CC.CCC. The Morgan fingerprint density at radius 3 is 1.97 bits per heavy atom. The fraction of sp³-hybridized carbons (Fsp3) is 0.406. The van der Waals surface area contributed by atoms with Crippen molar-refractivity contribution >= 4 is 40.1 Å². The van der Waals surface area contributed by atoms with Crippen molar-refractivity contribution in [3.05, 3.63) is 82.9 Å². The Hall–Kier alpha value is -2.30. The van der Waals surface area contributed by atoms with Gasteiger partial charge in [0.05, 0.1) is 12.1 Å². The number of rotatable bonds is 5. The molecule has 0 saturated heterocycles. The number of hydrogen-bond donors (Lipinski definition) is 1. The second kappa shape index (κ2) is 31.7. The van der Waals surface area contributed by atoms with E-state index in [4.69, 9.17) is 34.6 Å². The summed E-state index contributed by atoms with van der Waals surface area (Å²) in [5.74, 6) is 3.10. The monoisotopic (exact) mass is 562 g/mol. The normalized spacial score (nSPS) is 14.9. The van der Waals surface area contributed by atoms with Gasteiger partial charge in [-0.1, -0.05) is 111 Å². The van der Waals surface area contributed by atoms with Crippen LogP contribution in [0.4, 0.5) is 0 Å². The van der Waals surface area contributed by atoms with E-state index in [0.717, 1.165) is 10.7 Å². The number of terminal acetylenes is 2. The molecule has 2 atom stereocenters. The van der Waals surface area contributed by atoms with Gasteiger partial charge in [-0.2, -0.15) is 0 Å². The Kier molecular flexibility index (Phi) is 35.9. The second-order valence-corrected chi connectivity index (χ2v) is 8.69. The van der Waals surface area contributed by atoms with Crippen LogP contribution < -0.4 is 5.32 Å². The Balaban J connectivity index is -0.000000302. The first kappa shape index (κ1) is 41.8. The molecular formula is C32H48Cl2N2S. The number of halogens is 2. The Bertz CT molecular complexity index is 841. The summed E-state index contributed by atoms with van der Waals surface area (Å²) in [5, 5.41) is 5.80. The van der Waals surface area contributed by atoms with E-state index in [1.54, 1.807) is 23.9 Å². The highest BCUT2D eigenvalue weighted by Gasteiger charge is 2.27. The number of hydrogen-bond acceptors (Lipinski definition) is 3. The highest BCUT2D eigenvalue weighted by molar-refractivity contribution is 8.13. The lowest BCUT2D eigenvalue weighted by molar-refractivity contribution is 0.672. The van der Waals surface area contributed by atoms with Crippen molar-refractivity contribution in [2.24, 2.45) is 4.99 Å². The molecule has 0 fully saturated rings. The summed E-state index contributed by atoms with van der Waals surface area (Å²) in [4.78, 5) is 4.80. The second-order valence-electron chi connectivity index (χ2n) is 6.91. The maximum atomic E-state index is 6.22. The van der Waals surface area contributed by atoms with Crippen LogP contribution in [0, 0.1) is 25.2 Å². The molecule has 1 aliphatic rings. The molecule has 0 aromatic heterocycles. The minimum Gasteiger partial charge on any atom is -0.356 e. The van der Waals surface area contributed by atoms with Crippen LogP contribution in [0.1, 0.15) is 73.8 Å². The molecule has 206 valence electrons. The van der Waals surface area contributed by atoms with Gasteiger partial charge in [0.25, 0.3) is 0 Å². The predicted octanol–water partition coefficient (Wildman–Crippen LogP) is 10.5. The molecule has 5 heteroatoms. The summed E-state index contributed by atoms with van der Waals surface area (Å²) in [6.07, 6.45) is 24.5. The Morgan fingerprint density at radius 2 is 1.62 bits per heavy atom. The zero-order chi connectivity index (χ0) is 29.6. The first-order valence-electron chi connectivity index (χ1n) is 12.4. The van der Waals surface area contributed by atoms with Gasteiger partial charge in [-0.15, -0.1) is 38.3 Å². The zero-order valence-electron chi connectivity index (χ0n) is 24.2. The first-order valence-corrected chi connectivity index (χ1v) is 14.2. The third-order valence-electron chi connectivity index (χ3n) is 3.89. The number of nitrogens with one attached hydrogen (secondary N) is 1. The predicted molar refractivity (Wildman–Crippen MR) is 177 cm³/mol. The smallest absolute Gasteiger partial charge is 0.158 e. The van der Waals surface area contributed by atoms with Gasteiger partial charge >= 0.3 is 0 Å². The molecule has 0 spiro atoms. The summed E-state index contributed by atoms with van der Waals surface area (Å²) in [6.45, 7) is 23.1. The molecule has 0 saturated carbocycles. The van der Waals surface area contributed by atoms with E-state index in [2.05, 4.69) is 76.2 Å². The quantitative estimate of drug-likeness (QED) is 0.285. The fourth-order valence-electron chi connectivity index (χ4n) is 2.35. The first-order chi connectivity index (χ1) is 17.8. The number of aliphatic imine (C=N–C) groups is 1. The maximum Gasteiger partial charge on any atom is 0.158 e. The van der Waals surface area contributed by atoms with Crippen molar-refractivity contribution in [3.63, 3.8) is 0 Å². The third kappa shape index (κ3) is 21.5. The standard InChI is InChI=1S/C17H20Cl2N2S.C5H6.C3H8.C3H6.C2H6.C2H2/c1-4-7-15-16(11(3)5-2)21-17(20-15)22-10-12-13(18)8-6-9-14(12)19;1-3-5-4-2;2*1-3-2;2*1-2/h4-9,15-16H,10H2,1-3H3,(H,20,21);1,4H,2,5H2;3H2,1-2H3;3H,1H2,2H3;1-2H3;1-2H/b7-4+,11-5+;;;;;/t15-,16+;;;;;/m0...../s1. The minimum absolute atomic E-state index is 0.158. The van der Waals surface area contributed by atoms with E-state index >= 15 is 0 Å². The topological polar surface area (TPSA) is 24.4 Å². The molecule has 1 aromatic carbocycles. The number of benzene rings is 1. The van der Waals surface area contributed by atoms with Gasteiger partial charge in [-0.05, 0) is 45.4 Å². The molecule has 1 heterocycles. The molecular weight excluding hydrogens is 515 g/mol. The van der Waals surface area contributed by atoms with Crippen LogP contribution in [-0.4, -0.2) is 17.3 Å². The van der Waals surface area contributed by atoms with Crippen LogP contribution in [0.3, 0.4) is 0 Å². The molecule has 0 unspecified atom stereocenters. The van der Waals surface area contributed by atoms with Crippen LogP contribution in [0.15, 0.2) is 72.3 Å². The van der Waals surface area contributed by atoms with Crippen LogP contribution in [0.25, 0.3) is 0 Å². The number of amidine groups is 1.